The van der Waals surface area contributed by atoms with Gasteiger partial charge in [0.05, 0.1) is 5.41 Å². The third kappa shape index (κ3) is 3.96. The number of amides is 2. The minimum atomic E-state index is -0.955. The molecule has 0 aliphatic rings. The van der Waals surface area contributed by atoms with Crippen molar-refractivity contribution >= 4 is 33.6 Å². The van der Waals surface area contributed by atoms with Gasteiger partial charge in [-0.05, 0) is 38.0 Å². The maximum absolute atomic E-state index is 11.8. The molecule has 0 radical (unpaired) electrons. The van der Waals surface area contributed by atoms with Gasteiger partial charge in [-0.25, -0.2) is 4.79 Å². The quantitative estimate of drug-likeness (QED) is 0.767. The van der Waals surface area contributed by atoms with Crippen molar-refractivity contribution in [3.8, 4) is 0 Å². The number of anilines is 1. The normalized spacial score (nSPS) is 13.4. The molecule has 20 heavy (non-hydrogen) atoms. The molecule has 1 rings (SSSR count). The van der Waals surface area contributed by atoms with Crippen LogP contribution >= 0.6 is 15.9 Å². The van der Waals surface area contributed by atoms with E-state index in [4.69, 9.17) is 5.11 Å². The van der Waals surface area contributed by atoms with Crippen LogP contribution in [-0.4, -0.2) is 23.7 Å². The molecule has 2 amide bonds. The maximum Gasteiger partial charge on any atom is 0.319 e. The first-order chi connectivity index (χ1) is 9.30. The Balaban J connectivity index is 2.65. The standard InChI is InChI=1S/C14H19BrN2O3/c1-4-14(3,12(18)19)8-16-13(20)17-11-7-5-6-10(15)9(11)2/h5-7H,4,8H2,1-3H3,(H,18,19)(H2,16,17,20). The van der Waals surface area contributed by atoms with Crippen molar-refractivity contribution in [3.05, 3.63) is 28.2 Å². The van der Waals surface area contributed by atoms with E-state index in [2.05, 4.69) is 26.6 Å². The largest absolute Gasteiger partial charge is 0.481 e. The van der Waals surface area contributed by atoms with E-state index in [1.54, 1.807) is 19.9 Å². The molecule has 6 heteroatoms. The van der Waals surface area contributed by atoms with Crippen LogP contribution < -0.4 is 10.6 Å². The van der Waals surface area contributed by atoms with E-state index in [-0.39, 0.29) is 6.54 Å². The molecular formula is C14H19BrN2O3. The topological polar surface area (TPSA) is 78.4 Å². The van der Waals surface area contributed by atoms with Crippen LogP contribution in [0, 0.1) is 12.3 Å². The molecule has 5 nitrogen and oxygen atoms in total. The first-order valence-electron chi connectivity index (χ1n) is 6.33. The van der Waals surface area contributed by atoms with E-state index >= 15 is 0 Å². The number of carbonyl (C=O) groups is 2. The average molecular weight is 343 g/mol. The lowest BCUT2D eigenvalue weighted by Crippen LogP contribution is -2.42. The molecular weight excluding hydrogens is 324 g/mol. The number of nitrogens with one attached hydrogen (secondary N) is 2. The molecule has 1 unspecified atom stereocenters. The van der Waals surface area contributed by atoms with Crippen LogP contribution in [0.1, 0.15) is 25.8 Å². The van der Waals surface area contributed by atoms with Crippen molar-refractivity contribution in [1.82, 2.24) is 5.32 Å². The number of benzene rings is 1. The highest BCUT2D eigenvalue weighted by atomic mass is 79.9. The Labute approximate surface area is 126 Å². The van der Waals surface area contributed by atoms with Crippen molar-refractivity contribution in [2.75, 3.05) is 11.9 Å². The smallest absolute Gasteiger partial charge is 0.319 e. The van der Waals surface area contributed by atoms with E-state index < -0.39 is 17.4 Å². The second-order valence-electron chi connectivity index (χ2n) is 4.94. The molecule has 0 saturated carbocycles. The van der Waals surface area contributed by atoms with Gasteiger partial charge in [0.1, 0.15) is 0 Å². The highest BCUT2D eigenvalue weighted by Crippen LogP contribution is 2.23. The highest BCUT2D eigenvalue weighted by molar-refractivity contribution is 9.10. The summed E-state index contributed by atoms with van der Waals surface area (Å²) in [5, 5.41) is 14.5. The van der Waals surface area contributed by atoms with Gasteiger partial charge in [0, 0.05) is 16.7 Å². The van der Waals surface area contributed by atoms with Crippen LogP contribution in [0.25, 0.3) is 0 Å². The zero-order chi connectivity index (χ0) is 15.3. The number of carboxylic acids is 1. The fourth-order valence-corrected chi connectivity index (χ4v) is 1.90. The zero-order valence-electron chi connectivity index (χ0n) is 11.8. The third-order valence-electron chi connectivity index (χ3n) is 3.45. The summed E-state index contributed by atoms with van der Waals surface area (Å²) in [6.45, 7) is 5.36. The monoisotopic (exact) mass is 342 g/mol. The van der Waals surface area contributed by atoms with Crippen LogP contribution in [0.4, 0.5) is 10.5 Å². The Kier molecular flexibility index (Phi) is 5.56. The lowest BCUT2D eigenvalue weighted by molar-refractivity contribution is -0.147. The Hall–Kier alpha value is -1.56. The summed E-state index contributed by atoms with van der Waals surface area (Å²) >= 11 is 3.39. The number of hydrogen-bond acceptors (Lipinski definition) is 2. The maximum atomic E-state index is 11.8. The lowest BCUT2D eigenvalue weighted by atomic mass is 9.88. The summed E-state index contributed by atoms with van der Waals surface area (Å²) in [7, 11) is 0. The first kappa shape index (κ1) is 16.5. The molecule has 1 aromatic rings. The minimum absolute atomic E-state index is 0.0811. The van der Waals surface area contributed by atoms with E-state index in [1.165, 1.54) is 0 Å². The van der Waals surface area contributed by atoms with Gasteiger partial charge in [0.25, 0.3) is 0 Å². The van der Waals surface area contributed by atoms with Crippen molar-refractivity contribution < 1.29 is 14.7 Å². The fraction of sp³-hybridized carbons (Fsp3) is 0.429. The molecule has 0 aliphatic heterocycles. The second-order valence-corrected chi connectivity index (χ2v) is 5.79. The predicted octanol–water partition coefficient (Wildman–Crippen LogP) is 3.38. The lowest BCUT2D eigenvalue weighted by Gasteiger charge is -2.23. The molecule has 0 bridgehead atoms. The first-order valence-corrected chi connectivity index (χ1v) is 7.13. The summed E-state index contributed by atoms with van der Waals surface area (Å²) in [4.78, 5) is 23.0. The Morgan fingerprint density at radius 1 is 1.40 bits per heavy atom. The molecule has 0 heterocycles. The summed E-state index contributed by atoms with van der Waals surface area (Å²) < 4.78 is 0.902. The molecule has 0 saturated heterocycles. The van der Waals surface area contributed by atoms with Gasteiger partial charge in [-0.1, -0.05) is 28.9 Å². The Morgan fingerprint density at radius 2 is 2.05 bits per heavy atom. The van der Waals surface area contributed by atoms with Crippen molar-refractivity contribution in [2.24, 2.45) is 5.41 Å². The minimum Gasteiger partial charge on any atom is -0.481 e. The number of carboxylic acid groups (broad SMARTS) is 1. The Bertz CT molecular complexity index is 519. The molecule has 3 N–H and O–H groups in total. The SMILES string of the molecule is CCC(C)(CNC(=O)Nc1cccc(Br)c1C)C(=O)O. The Morgan fingerprint density at radius 3 is 2.60 bits per heavy atom. The van der Waals surface area contributed by atoms with Gasteiger partial charge in [-0.2, -0.15) is 0 Å². The number of carbonyl (C=O) groups excluding carboxylic acids is 1. The molecule has 0 spiro atoms. The van der Waals surface area contributed by atoms with Crippen molar-refractivity contribution in [2.45, 2.75) is 27.2 Å². The summed E-state index contributed by atoms with van der Waals surface area (Å²) in [6, 6.07) is 5.08. The van der Waals surface area contributed by atoms with E-state index in [0.29, 0.717) is 12.1 Å². The number of aliphatic carboxylic acids is 1. The third-order valence-corrected chi connectivity index (χ3v) is 4.31. The number of urea groups is 1. The van der Waals surface area contributed by atoms with Crippen LogP contribution in [-0.2, 0) is 4.79 Å². The molecule has 1 aromatic carbocycles. The molecule has 1 atom stereocenters. The van der Waals surface area contributed by atoms with E-state index in [0.717, 1.165) is 10.0 Å². The van der Waals surface area contributed by atoms with Crippen molar-refractivity contribution in [1.29, 1.82) is 0 Å². The van der Waals surface area contributed by atoms with E-state index in [9.17, 15) is 9.59 Å². The van der Waals surface area contributed by atoms with Gasteiger partial charge in [0.15, 0.2) is 0 Å². The second kappa shape index (κ2) is 6.74. The summed E-state index contributed by atoms with van der Waals surface area (Å²) in [6.07, 6.45) is 0.443. The van der Waals surface area contributed by atoms with Crippen LogP contribution in [0.15, 0.2) is 22.7 Å². The summed E-state index contributed by atoms with van der Waals surface area (Å²) in [5.74, 6) is -0.918. The zero-order valence-corrected chi connectivity index (χ0v) is 13.4. The number of hydrogen-bond donors (Lipinski definition) is 3. The van der Waals surface area contributed by atoms with Crippen LogP contribution in [0.2, 0.25) is 0 Å². The van der Waals surface area contributed by atoms with Gasteiger partial charge in [0.2, 0.25) is 0 Å². The van der Waals surface area contributed by atoms with Gasteiger partial charge in [-0.15, -0.1) is 0 Å². The fourth-order valence-electron chi connectivity index (χ4n) is 1.54. The average Bonchev–Trinajstić information content (AvgIpc) is 2.41. The van der Waals surface area contributed by atoms with Gasteiger partial charge in [-0.3, -0.25) is 4.79 Å². The molecule has 0 aliphatic carbocycles. The predicted molar refractivity (Wildman–Crippen MR) is 81.9 cm³/mol. The van der Waals surface area contributed by atoms with Crippen LogP contribution in [0.5, 0.6) is 0 Å². The number of rotatable bonds is 5. The number of halogens is 1. The molecule has 110 valence electrons. The molecule has 0 fully saturated rings. The van der Waals surface area contributed by atoms with Crippen molar-refractivity contribution in [3.63, 3.8) is 0 Å². The highest BCUT2D eigenvalue weighted by Gasteiger charge is 2.31. The van der Waals surface area contributed by atoms with Crippen LogP contribution in [0.3, 0.4) is 0 Å². The van der Waals surface area contributed by atoms with Gasteiger partial charge < -0.3 is 15.7 Å². The van der Waals surface area contributed by atoms with E-state index in [1.807, 2.05) is 19.1 Å². The van der Waals surface area contributed by atoms with Gasteiger partial charge >= 0.3 is 12.0 Å². The molecule has 0 aromatic heterocycles. The summed E-state index contributed by atoms with van der Waals surface area (Å²) in [5.41, 5.74) is 0.647.